The molecule has 1 atom stereocenters. The van der Waals surface area contributed by atoms with Gasteiger partial charge >= 0.3 is 0 Å². The first-order valence-corrected chi connectivity index (χ1v) is 4.80. The van der Waals surface area contributed by atoms with Crippen molar-refractivity contribution in [2.24, 2.45) is 5.73 Å². The summed E-state index contributed by atoms with van der Waals surface area (Å²) in [6.45, 7) is 1.82. The molecule has 0 saturated heterocycles. The number of nitrogens with zero attached hydrogens (tertiary/aromatic N) is 2. The van der Waals surface area contributed by atoms with Crippen LogP contribution in [0.25, 0.3) is 0 Å². The number of hydrogen-bond acceptors (Lipinski definition) is 4. The molecule has 1 heterocycles. The minimum atomic E-state index is -0.107. The molecule has 0 aliphatic heterocycles. The van der Waals surface area contributed by atoms with Gasteiger partial charge in [-0.25, -0.2) is 0 Å². The molecule has 0 amide bonds. The van der Waals surface area contributed by atoms with Crippen LogP contribution in [0.3, 0.4) is 0 Å². The third-order valence-corrected chi connectivity index (χ3v) is 2.01. The summed E-state index contributed by atoms with van der Waals surface area (Å²) in [6.07, 6.45) is 1.58. The van der Waals surface area contributed by atoms with Gasteiger partial charge in [-0.3, -0.25) is 0 Å². The van der Waals surface area contributed by atoms with E-state index >= 15 is 0 Å². The Balaban J connectivity index is 2.56. The summed E-state index contributed by atoms with van der Waals surface area (Å²) >= 11 is 0. The Morgan fingerprint density at radius 1 is 1.47 bits per heavy atom. The van der Waals surface area contributed by atoms with Gasteiger partial charge in [0.1, 0.15) is 0 Å². The zero-order valence-corrected chi connectivity index (χ0v) is 9.03. The molecular formula is C11H15N3O. The molecule has 80 valence electrons. The Kier molecular flexibility index (Phi) is 4.58. The lowest BCUT2D eigenvalue weighted by molar-refractivity contribution is 0.390. The van der Waals surface area contributed by atoms with Crippen molar-refractivity contribution >= 4 is 0 Å². The van der Waals surface area contributed by atoms with E-state index in [0.29, 0.717) is 5.88 Å². The maximum absolute atomic E-state index is 5.92. The van der Waals surface area contributed by atoms with Crippen LogP contribution in [0.5, 0.6) is 5.88 Å². The first-order valence-electron chi connectivity index (χ1n) is 4.80. The van der Waals surface area contributed by atoms with Gasteiger partial charge in [-0.1, -0.05) is 0 Å². The lowest BCUT2D eigenvalue weighted by Crippen LogP contribution is -2.12. The normalized spacial score (nSPS) is 11.4. The van der Waals surface area contributed by atoms with Gasteiger partial charge < -0.3 is 10.5 Å². The summed E-state index contributed by atoms with van der Waals surface area (Å²) in [5.74, 6) is 6.30. The van der Waals surface area contributed by atoms with Crippen LogP contribution in [-0.2, 0) is 0 Å². The fourth-order valence-corrected chi connectivity index (χ4v) is 1.14. The average molecular weight is 205 g/mol. The number of hydrogen-bond donors (Lipinski definition) is 1. The number of aromatic nitrogens is 2. The third kappa shape index (κ3) is 3.56. The van der Waals surface area contributed by atoms with Crippen LogP contribution in [-0.4, -0.2) is 17.3 Å². The molecule has 1 aromatic rings. The second kappa shape index (κ2) is 5.99. The molecule has 0 saturated carbocycles. The van der Waals surface area contributed by atoms with Gasteiger partial charge in [-0.2, -0.15) is 5.10 Å². The van der Waals surface area contributed by atoms with Gasteiger partial charge in [-0.15, -0.1) is 16.9 Å². The highest BCUT2D eigenvalue weighted by Crippen LogP contribution is 2.13. The van der Waals surface area contributed by atoms with E-state index in [9.17, 15) is 0 Å². The summed E-state index contributed by atoms with van der Waals surface area (Å²) in [7, 11) is 1.56. The molecule has 4 heteroatoms. The smallest absolute Gasteiger partial charge is 0.233 e. The molecule has 0 aliphatic rings. The third-order valence-electron chi connectivity index (χ3n) is 2.01. The van der Waals surface area contributed by atoms with Crippen LogP contribution in [0.15, 0.2) is 12.1 Å². The first kappa shape index (κ1) is 11.5. The van der Waals surface area contributed by atoms with Crippen LogP contribution in [0.2, 0.25) is 0 Å². The van der Waals surface area contributed by atoms with Gasteiger partial charge in [0.2, 0.25) is 5.88 Å². The van der Waals surface area contributed by atoms with Gasteiger partial charge in [-0.05, 0) is 19.4 Å². The molecule has 2 N–H and O–H groups in total. The number of methoxy groups -OCH3 is 1. The van der Waals surface area contributed by atoms with Crippen LogP contribution < -0.4 is 10.5 Å². The Morgan fingerprint density at radius 2 is 2.27 bits per heavy atom. The number of nitrogens with two attached hydrogens (primary N) is 1. The van der Waals surface area contributed by atoms with Crippen LogP contribution in [0.1, 0.15) is 31.5 Å². The molecule has 0 aliphatic carbocycles. The quantitative estimate of drug-likeness (QED) is 0.752. The predicted octanol–water partition coefficient (Wildman–Crippen LogP) is 1.29. The average Bonchev–Trinajstić information content (AvgIpc) is 2.29. The second-order valence-corrected chi connectivity index (χ2v) is 3.07. The summed E-state index contributed by atoms with van der Waals surface area (Å²) in [5.41, 5.74) is 6.69. The second-order valence-electron chi connectivity index (χ2n) is 3.07. The highest BCUT2D eigenvalue weighted by atomic mass is 16.5. The fourth-order valence-electron chi connectivity index (χ4n) is 1.14. The van der Waals surface area contributed by atoms with Crippen molar-refractivity contribution in [3.8, 4) is 17.7 Å². The molecule has 15 heavy (non-hydrogen) atoms. The first-order chi connectivity index (χ1) is 7.27. The molecule has 0 fully saturated rings. The van der Waals surface area contributed by atoms with Gasteiger partial charge in [0.15, 0.2) is 0 Å². The molecule has 0 aromatic carbocycles. The van der Waals surface area contributed by atoms with E-state index in [1.54, 1.807) is 13.2 Å². The largest absolute Gasteiger partial charge is 0.480 e. The topological polar surface area (TPSA) is 61.0 Å². The van der Waals surface area contributed by atoms with Crippen molar-refractivity contribution in [3.05, 3.63) is 17.8 Å². The predicted molar refractivity (Wildman–Crippen MR) is 58.2 cm³/mol. The van der Waals surface area contributed by atoms with E-state index in [0.717, 1.165) is 18.5 Å². The fraction of sp³-hybridized carbons (Fsp3) is 0.455. The van der Waals surface area contributed by atoms with Gasteiger partial charge in [0.05, 0.1) is 12.8 Å². The minimum absolute atomic E-state index is 0.107. The molecule has 0 radical (unpaired) electrons. The SMILES string of the molecule is CC#CCCC(N)c1ccc(OC)nn1. The number of rotatable bonds is 4. The van der Waals surface area contributed by atoms with Gasteiger partial charge in [0, 0.05) is 18.5 Å². The van der Waals surface area contributed by atoms with E-state index in [1.165, 1.54) is 0 Å². The Labute approximate surface area is 89.8 Å². The highest BCUT2D eigenvalue weighted by Gasteiger charge is 2.07. The maximum Gasteiger partial charge on any atom is 0.233 e. The molecule has 0 spiro atoms. The summed E-state index contributed by atoms with van der Waals surface area (Å²) in [5, 5.41) is 7.84. The monoisotopic (exact) mass is 205 g/mol. The molecule has 0 bridgehead atoms. The molecular weight excluding hydrogens is 190 g/mol. The Morgan fingerprint density at radius 3 is 2.80 bits per heavy atom. The molecule has 4 nitrogen and oxygen atoms in total. The minimum Gasteiger partial charge on any atom is -0.480 e. The van der Waals surface area contributed by atoms with E-state index in [1.807, 2.05) is 13.0 Å². The van der Waals surface area contributed by atoms with Gasteiger partial charge in [0.25, 0.3) is 0 Å². The van der Waals surface area contributed by atoms with E-state index < -0.39 is 0 Å². The standard InChI is InChI=1S/C11H15N3O/c1-3-4-5-6-9(12)10-7-8-11(15-2)14-13-10/h7-9H,5-6,12H2,1-2H3. The molecule has 1 aromatic heterocycles. The van der Waals surface area contributed by atoms with Crippen molar-refractivity contribution in [3.63, 3.8) is 0 Å². The molecule has 1 unspecified atom stereocenters. The summed E-state index contributed by atoms with van der Waals surface area (Å²) in [4.78, 5) is 0. The number of ether oxygens (including phenoxy) is 1. The lowest BCUT2D eigenvalue weighted by Gasteiger charge is -2.08. The molecule has 1 rings (SSSR count). The Hall–Kier alpha value is -1.60. The van der Waals surface area contributed by atoms with E-state index in [-0.39, 0.29) is 6.04 Å². The van der Waals surface area contributed by atoms with Crippen molar-refractivity contribution in [1.82, 2.24) is 10.2 Å². The van der Waals surface area contributed by atoms with Crippen LogP contribution >= 0.6 is 0 Å². The van der Waals surface area contributed by atoms with Crippen LogP contribution in [0.4, 0.5) is 0 Å². The zero-order valence-electron chi connectivity index (χ0n) is 9.03. The van der Waals surface area contributed by atoms with E-state index in [4.69, 9.17) is 10.5 Å². The van der Waals surface area contributed by atoms with Crippen molar-refractivity contribution in [2.45, 2.75) is 25.8 Å². The Bertz CT molecular complexity index is 350. The van der Waals surface area contributed by atoms with E-state index in [2.05, 4.69) is 22.0 Å². The van der Waals surface area contributed by atoms with Crippen molar-refractivity contribution < 1.29 is 4.74 Å². The lowest BCUT2D eigenvalue weighted by atomic mass is 10.1. The van der Waals surface area contributed by atoms with Crippen molar-refractivity contribution in [1.29, 1.82) is 0 Å². The summed E-state index contributed by atoms with van der Waals surface area (Å²) in [6, 6.07) is 3.48. The highest BCUT2D eigenvalue weighted by molar-refractivity contribution is 5.14. The van der Waals surface area contributed by atoms with Crippen LogP contribution in [0, 0.1) is 11.8 Å². The zero-order chi connectivity index (χ0) is 11.1. The summed E-state index contributed by atoms with van der Waals surface area (Å²) < 4.78 is 4.91. The maximum atomic E-state index is 5.92. The van der Waals surface area contributed by atoms with Crippen molar-refractivity contribution in [2.75, 3.05) is 7.11 Å².